The SMILES string of the molecule is O=C1N(Cc2ccc(Cl)c(Cc3ccccc3)c2Cl)CC(CO)CN1c1ccc(Br)cc1. The number of halogens is 3. The van der Waals surface area contributed by atoms with Crippen LogP contribution in [-0.4, -0.2) is 35.7 Å². The van der Waals surface area contributed by atoms with Crippen LogP contribution in [0, 0.1) is 5.92 Å². The van der Waals surface area contributed by atoms with Crippen molar-refractivity contribution in [2.75, 3.05) is 24.6 Å². The van der Waals surface area contributed by atoms with E-state index in [1.807, 2.05) is 66.7 Å². The van der Waals surface area contributed by atoms with Gasteiger partial charge in [0, 0.05) is 53.8 Å². The zero-order valence-corrected chi connectivity index (χ0v) is 20.4. The molecular weight excluding hydrogens is 511 g/mol. The Morgan fingerprint density at radius 2 is 1.69 bits per heavy atom. The van der Waals surface area contributed by atoms with Crippen LogP contribution in [0.4, 0.5) is 10.5 Å². The molecule has 1 heterocycles. The summed E-state index contributed by atoms with van der Waals surface area (Å²) in [6.45, 7) is 1.29. The normalized spacial score (nSPS) is 16.5. The Kier molecular flexibility index (Phi) is 7.41. The summed E-state index contributed by atoms with van der Waals surface area (Å²) in [5, 5.41) is 11.0. The van der Waals surface area contributed by atoms with E-state index in [1.165, 1.54) is 0 Å². The van der Waals surface area contributed by atoms with Crippen LogP contribution in [-0.2, 0) is 13.0 Å². The van der Waals surface area contributed by atoms with Gasteiger partial charge in [-0.1, -0.05) is 75.5 Å². The minimum atomic E-state index is -0.104. The molecule has 1 aliphatic heterocycles. The third-order valence-corrected chi connectivity index (χ3v) is 7.02. The first-order valence-corrected chi connectivity index (χ1v) is 11.9. The van der Waals surface area contributed by atoms with Crippen molar-refractivity contribution in [3.05, 3.63) is 97.9 Å². The number of hydrogen-bond donors (Lipinski definition) is 1. The standard InChI is InChI=1S/C25H23BrCl2N2O2/c26-20-7-9-21(10-8-20)30-14-18(16-31)13-29(25(30)32)15-19-6-11-23(27)22(24(19)28)12-17-4-2-1-3-5-17/h1-11,18,31H,12-16H2. The molecule has 32 heavy (non-hydrogen) atoms. The molecule has 1 saturated heterocycles. The van der Waals surface area contributed by atoms with Gasteiger partial charge in [-0.2, -0.15) is 0 Å². The Balaban J connectivity index is 1.60. The van der Waals surface area contributed by atoms with Gasteiger partial charge < -0.3 is 10.0 Å². The first kappa shape index (κ1) is 23.1. The number of aliphatic hydroxyl groups excluding tert-OH is 1. The number of benzene rings is 3. The second-order valence-electron chi connectivity index (χ2n) is 7.96. The van der Waals surface area contributed by atoms with Crippen LogP contribution in [0.25, 0.3) is 0 Å². The van der Waals surface area contributed by atoms with Crippen LogP contribution in [0.1, 0.15) is 16.7 Å². The van der Waals surface area contributed by atoms with Gasteiger partial charge in [0.1, 0.15) is 0 Å². The highest BCUT2D eigenvalue weighted by molar-refractivity contribution is 9.10. The third-order valence-electron chi connectivity index (χ3n) is 5.67. The predicted octanol–water partition coefficient (Wildman–Crippen LogP) is 6.40. The molecule has 3 aromatic rings. The lowest BCUT2D eigenvalue weighted by molar-refractivity contribution is 0.144. The van der Waals surface area contributed by atoms with E-state index in [4.69, 9.17) is 23.2 Å². The molecule has 166 valence electrons. The van der Waals surface area contributed by atoms with Crippen LogP contribution in [0.2, 0.25) is 10.0 Å². The summed E-state index contributed by atoms with van der Waals surface area (Å²) in [7, 11) is 0. The Morgan fingerprint density at radius 3 is 2.38 bits per heavy atom. The Morgan fingerprint density at radius 1 is 0.969 bits per heavy atom. The van der Waals surface area contributed by atoms with Gasteiger partial charge in [0.05, 0.1) is 5.02 Å². The fraction of sp³-hybridized carbons (Fsp3) is 0.240. The summed E-state index contributed by atoms with van der Waals surface area (Å²) in [6.07, 6.45) is 0.616. The molecule has 1 atom stereocenters. The van der Waals surface area contributed by atoms with Crippen molar-refractivity contribution >= 4 is 50.9 Å². The highest BCUT2D eigenvalue weighted by atomic mass is 79.9. The lowest BCUT2D eigenvalue weighted by Crippen LogP contribution is -2.54. The van der Waals surface area contributed by atoms with Gasteiger partial charge in [-0.05, 0) is 47.0 Å². The summed E-state index contributed by atoms with van der Waals surface area (Å²) in [4.78, 5) is 16.8. The second kappa shape index (κ2) is 10.3. The lowest BCUT2D eigenvalue weighted by atomic mass is 10.0. The minimum absolute atomic E-state index is 0.00438. The van der Waals surface area contributed by atoms with Crippen molar-refractivity contribution in [3.63, 3.8) is 0 Å². The molecule has 0 saturated carbocycles. The maximum Gasteiger partial charge on any atom is 0.324 e. The summed E-state index contributed by atoms with van der Waals surface area (Å²) in [6, 6.07) is 21.2. The van der Waals surface area contributed by atoms with Crippen molar-refractivity contribution in [2.45, 2.75) is 13.0 Å². The number of rotatable bonds is 6. The number of amides is 2. The van der Waals surface area contributed by atoms with Crippen LogP contribution in [0.3, 0.4) is 0 Å². The molecule has 0 spiro atoms. The molecule has 4 rings (SSSR count). The smallest absolute Gasteiger partial charge is 0.324 e. The monoisotopic (exact) mass is 532 g/mol. The summed E-state index contributed by atoms with van der Waals surface area (Å²) >= 11 is 16.7. The fourth-order valence-electron chi connectivity index (χ4n) is 3.97. The first-order chi connectivity index (χ1) is 15.5. The largest absolute Gasteiger partial charge is 0.396 e. The molecule has 1 unspecified atom stereocenters. The van der Waals surface area contributed by atoms with Crippen LogP contribution >= 0.6 is 39.1 Å². The summed E-state index contributed by atoms with van der Waals surface area (Å²) in [5.74, 6) is -0.0498. The summed E-state index contributed by atoms with van der Waals surface area (Å²) < 4.78 is 0.945. The maximum absolute atomic E-state index is 13.3. The van der Waals surface area contributed by atoms with E-state index in [-0.39, 0.29) is 18.6 Å². The second-order valence-corrected chi connectivity index (χ2v) is 9.66. The number of nitrogens with zero attached hydrogens (tertiary/aromatic N) is 2. The molecule has 0 aromatic heterocycles. The van der Waals surface area contributed by atoms with Gasteiger partial charge in [0.25, 0.3) is 0 Å². The van der Waals surface area contributed by atoms with Gasteiger partial charge >= 0.3 is 6.03 Å². The average molecular weight is 534 g/mol. The van der Waals surface area contributed by atoms with Crippen molar-refractivity contribution in [1.29, 1.82) is 0 Å². The van der Waals surface area contributed by atoms with E-state index >= 15 is 0 Å². The topological polar surface area (TPSA) is 43.8 Å². The van der Waals surface area contributed by atoms with Gasteiger partial charge in [-0.25, -0.2) is 4.79 Å². The summed E-state index contributed by atoms with van der Waals surface area (Å²) in [5.41, 5.74) is 3.60. The lowest BCUT2D eigenvalue weighted by Gasteiger charge is -2.40. The van der Waals surface area contributed by atoms with Crippen molar-refractivity contribution in [2.24, 2.45) is 5.92 Å². The number of carbonyl (C=O) groups is 1. The number of urea groups is 1. The first-order valence-electron chi connectivity index (χ1n) is 10.4. The molecule has 3 aromatic carbocycles. The highest BCUT2D eigenvalue weighted by Gasteiger charge is 2.33. The number of anilines is 1. The van der Waals surface area contributed by atoms with E-state index < -0.39 is 0 Å². The van der Waals surface area contributed by atoms with E-state index in [1.54, 1.807) is 9.80 Å². The zero-order chi connectivity index (χ0) is 22.7. The van der Waals surface area contributed by atoms with E-state index in [0.29, 0.717) is 36.1 Å². The molecule has 1 N–H and O–H groups in total. The molecule has 1 aliphatic rings. The molecular formula is C25H23BrCl2N2O2. The predicted molar refractivity (Wildman–Crippen MR) is 134 cm³/mol. The Bertz CT molecular complexity index is 1090. The molecule has 0 bridgehead atoms. The Hall–Kier alpha value is -2.05. The maximum atomic E-state index is 13.3. The van der Waals surface area contributed by atoms with Crippen molar-refractivity contribution < 1.29 is 9.90 Å². The number of aliphatic hydroxyl groups is 1. The third kappa shape index (κ3) is 5.12. The average Bonchev–Trinajstić information content (AvgIpc) is 2.81. The van der Waals surface area contributed by atoms with E-state index in [0.717, 1.165) is 26.9 Å². The molecule has 0 radical (unpaired) electrons. The van der Waals surface area contributed by atoms with E-state index in [9.17, 15) is 9.90 Å². The van der Waals surface area contributed by atoms with Gasteiger partial charge in [0.2, 0.25) is 0 Å². The van der Waals surface area contributed by atoms with Gasteiger partial charge in [-0.3, -0.25) is 4.90 Å². The van der Waals surface area contributed by atoms with Crippen molar-refractivity contribution in [1.82, 2.24) is 4.90 Å². The zero-order valence-electron chi connectivity index (χ0n) is 17.3. The van der Waals surface area contributed by atoms with Crippen LogP contribution in [0.5, 0.6) is 0 Å². The molecule has 1 fully saturated rings. The van der Waals surface area contributed by atoms with Gasteiger partial charge in [-0.15, -0.1) is 0 Å². The van der Waals surface area contributed by atoms with Gasteiger partial charge in [0.15, 0.2) is 0 Å². The molecule has 7 heteroatoms. The van der Waals surface area contributed by atoms with Crippen LogP contribution in [0.15, 0.2) is 71.2 Å². The quantitative estimate of drug-likeness (QED) is 0.398. The number of carbonyl (C=O) groups excluding carboxylic acids is 1. The van der Waals surface area contributed by atoms with Crippen LogP contribution < -0.4 is 4.90 Å². The molecule has 2 amide bonds. The fourth-order valence-corrected chi connectivity index (χ4v) is 4.80. The van der Waals surface area contributed by atoms with E-state index in [2.05, 4.69) is 15.9 Å². The molecule has 0 aliphatic carbocycles. The molecule has 4 nitrogen and oxygen atoms in total. The minimum Gasteiger partial charge on any atom is -0.396 e. The van der Waals surface area contributed by atoms with Crippen molar-refractivity contribution in [3.8, 4) is 0 Å². The Labute approximate surface area is 206 Å². The highest BCUT2D eigenvalue weighted by Crippen LogP contribution is 2.32. The number of hydrogen-bond acceptors (Lipinski definition) is 2.